The van der Waals surface area contributed by atoms with Gasteiger partial charge in [-0.3, -0.25) is 0 Å². The van der Waals surface area contributed by atoms with Crippen LogP contribution in [-0.2, 0) is 9.47 Å². The Morgan fingerprint density at radius 3 is 2.76 bits per heavy atom. The second kappa shape index (κ2) is 5.97. The van der Waals surface area contributed by atoms with Crippen LogP contribution in [0, 0.1) is 9.49 Å². The van der Waals surface area contributed by atoms with E-state index in [1.54, 1.807) is 14.2 Å². The molecule has 2 heterocycles. The predicted octanol–water partition coefficient (Wildman–Crippen LogP) is 2.13. The molecular weight excluding hydrogens is 331 g/mol. The van der Waals surface area contributed by atoms with E-state index in [1.165, 1.54) is 0 Å². The fourth-order valence-electron chi connectivity index (χ4n) is 2.25. The molecule has 94 valence electrons. The number of ether oxygens (including phenoxy) is 2. The molecule has 4 nitrogen and oxygen atoms in total. The lowest BCUT2D eigenvalue weighted by Crippen LogP contribution is -2.28. The van der Waals surface area contributed by atoms with Gasteiger partial charge in [0.1, 0.15) is 5.82 Å². The molecule has 1 aromatic heterocycles. The normalized spacial score (nSPS) is 20.2. The summed E-state index contributed by atoms with van der Waals surface area (Å²) >= 11 is 2.27. The van der Waals surface area contributed by atoms with Crippen LogP contribution in [0.15, 0.2) is 18.3 Å². The average Bonchev–Trinajstić information content (AvgIpc) is 2.81. The SMILES string of the molecule is COC(OC)[C@@H]1CCN(c2ccc(I)cn2)C1. The number of hydrogen-bond donors (Lipinski definition) is 0. The number of anilines is 1. The van der Waals surface area contributed by atoms with Gasteiger partial charge in [-0.25, -0.2) is 4.98 Å². The monoisotopic (exact) mass is 348 g/mol. The van der Waals surface area contributed by atoms with E-state index in [-0.39, 0.29) is 6.29 Å². The van der Waals surface area contributed by atoms with E-state index in [1.807, 2.05) is 6.20 Å². The molecule has 1 aliphatic rings. The topological polar surface area (TPSA) is 34.6 Å². The van der Waals surface area contributed by atoms with Gasteiger partial charge in [0, 0.05) is 43.0 Å². The highest BCUT2D eigenvalue weighted by atomic mass is 127. The second-order valence-corrected chi connectivity index (χ2v) is 5.41. The van der Waals surface area contributed by atoms with Crippen LogP contribution < -0.4 is 4.90 Å². The molecule has 0 radical (unpaired) electrons. The molecule has 1 fully saturated rings. The molecular formula is C12H17IN2O2. The van der Waals surface area contributed by atoms with Gasteiger partial charge >= 0.3 is 0 Å². The van der Waals surface area contributed by atoms with Crippen LogP contribution in [0.1, 0.15) is 6.42 Å². The highest BCUT2D eigenvalue weighted by Crippen LogP contribution is 2.25. The number of aromatic nitrogens is 1. The highest BCUT2D eigenvalue weighted by Gasteiger charge is 2.30. The maximum atomic E-state index is 5.32. The van der Waals surface area contributed by atoms with Crippen molar-refractivity contribution in [3.8, 4) is 0 Å². The molecule has 0 N–H and O–H groups in total. The molecule has 0 aliphatic carbocycles. The zero-order valence-corrected chi connectivity index (χ0v) is 12.3. The number of rotatable bonds is 4. The third-order valence-electron chi connectivity index (χ3n) is 3.11. The number of nitrogens with zero attached hydrogens (tertiary/aromatic N) is 2. The lowest BCUT2D eigenvalue weighted by Gasteiger charge is -2.21. The second-order valence-electron chi connectivity index (χ2n) is 4.17. The molecule has 1 aromatic rings. The van der Waals surface area contributed by atoms with Crippen molar-refractivity contribution in [3.05, 3.63) is 21.9 Å². The van der Waals surface area contributed by atoms with Crippen LogP contribution in [0.3, 0.4) is 0 Å². The van der Waals surface area contributed by atoms with Crippen LogP contribution in [0.25, 0.3) is 0 Å². The fourth-order valence-corrected chi connectivity index (χ4v) is 2.57. The van der Waals surface area contributed by atoms with Crippen molar-refractivity contribution in [2.24, 2.45) is 5.92 Å². The van der Waals surface area contributed by atoms with Crippen LogP contribution >= 0.6 is 22.6 Å². The largest absolute Gasteiger partial charge is 0.356 e. The van der Waals surface area contributed by atoms with Gasteiger partial charge < -0.3 is 14.4 Å². The Hall–Kier alpha value is -0.400. The lowest BCUT2D eigenvalue weighted by atomic mass is 10.1. The maximum Gasteiger partial charge on any atom is 0.161 e. The molecule has 0 unspecified atom stereocenters. The quantitative estimate of drug-likeness (QED) is 0.617. The van der Waals surface area contributed by atoms with Crippen molar-refractivity contribution in [1.82, 2.24) is 4.98 Å². The molecule has 1 saturated heterocycles. The van der Waals surface area contributed by atoms with Crippen molar-refractivity contribution >= 4 is 28.4 Å². The van der Waals surface area contributed by atoms with Gasteiger partial charge in [0.15, 0.2) is 6.29 Å². The van der Waals surface area contributed by atoms with E-state index < -0.39 is 0 Å². The Morgan fingerprint density at radius 1 is 1.41 bits per heavy atom. The first-order valence-electron chi connectivity index (χ1n) is 5.66. The van der Waals surface area contributed by atoms with E-state index in [0.29, 0.717) is 5.92 Å². The van der Waals surface area contributed by atoms with Crippen LogP contribution in [0.2, 0.25) is 0 Å². The summed E-state index contributed by atoms with van der Waals surface area (Å²) in [7, 11) is 3.39. The number of pyridine rings is 1. The Morgan fingerprint density at radius 2 is 2.18 bits per heavy atom. The van der Waals surface area contributed by atoms with Crippen molar-refractivity contribution in [2.75, 3.05) is 32.2 Å². The first-order valence-corrected chi connectivity index (χ1v) is 6.74. The van der Waals surface area contributed by atoms with Crippen molar-refractivity contribution in [2.45, 2.75) is 12.7 Å². The number of hydrogen-bond acceptors (Lipinski definition) is 4. The maximum absolute atomic E-state index is 5.32. The zero-order valence-electron chi connectivity index (χ0n) is 10.1. The minimum absolute atomic E-state index is 0.108. The molecule has 1 aliphatic heterocycles. The Bertz CT molecular complexity index is 354. The molecule has 2 rings (SSSR count). The van der Waals surface area contributed by atoms with Crippen LogP contribution in [0.5, 0.6) is 0 Å². The average molecular weight is 348 g/mol. The predicted molar refractivity (Wildman–Crippen MR) is 75.1 cm³/mol. The van der Waals surface area contributed by atoms with E-state index in [2.05, 4.69) is 44.6 Å². The minimum Gasteiger partial charge on any atom is -0.356 e. The zero-order chi connectivity index (χ0) is 12.3. The molecule has 17 heavy (non-hydrogen) atoms. The van der Waals surface area contributed by atoms with E-state index in [9.17, 15) is 0 Å². The number of halogens is 1. The summed E-state index contributed by atoms with van der Waals surface area (Å²) in [4.78, 5) is 6.73. The first-order chi connectivity index (χ1) is 8.24. The Kier molecular flexibility index (Phi) is 4.58. The standard InChI is InChI=1S/C12H17IN2O2/c1-16-12(17-2)9-5-6-15(8-9)11-4-3-10(13)7-14-11/h3-4,7,9,12H,5-6,8H2,1-2H3/t9-/m1/s1. The third kappa shape index (κ3) is 3.08. The van der Waals surface area contributed by atoms with Gasteiger partial charge in [-0.15, -0.1) is 0 Å². The van der Waals surface area contributed by atoms with E-state index in [4.69, 9.17) is 9.47 Å². The van der Waals surface area contributed by atoms with Gasteiger partial charge in [0.25, 0.3) is 0 Å². The van der Waals surface area contributed by atoms with E-state index >= 15 is 0 Å². The summed E-state index contributed by atoms with van der Waals surface area (Å²) in [6.45, 7) is 1.96. The Balaban J connectivity index is 2.00. The minimum atomic E-state index is -0.108. The van der Waals surface area contributed by atoms with Gasteiger partial charge in [-0.1, -0.05) is 0 Å². The summed E-state index contributed by atoms with van der Waals surface area (Å²) in [5.74, 6) is 1.46. The van der Waals surface area contributed by atoms with Gasteiger partial charge in [-0.2, -0.15) is 0 Å². The van der Waals surface area contributed by atoms with Crippen molar-refractivity contribution in [3.63, 3.8) is 0 Å². The summed E-state index contributed by atoms with van der Waals surface area (Å²) in [6, 6.07) is 4.15. The van der Waals surface area contributed by atoms with Crippen LogP contribution in [0.4, 0.5) is 5.82 Å². The smallest absolute Gasteiger partial charge is 0.161 e. The molecule has 1 atom stereocenters. The van der Waals surface area contributed by atoms with Gasteiger partial charge in [-0.05, 0) is 41.1 Å². The molecule has 0 saturated carbocycles. The van der Waals surface area contributed by atoms with Crippen molar-refractivity contribution in [1.29, 1.82) is 0 Å². The third-order valence-corrected chi connectivity index (χ3v) is 3.75. The lowest BCUT2D eigenvalue weighted by molar-refractivity contribution is -0.132. The Labute approximate surface area is 115 Å². The first kappa shape index (κ1) is 13.0. The van der Waals surface area contributed by atoms with Gasteiger partial charge in [0.2, 0.25) is 0 Å². The van der Waals surface area contributed by atoms with Crippen LogP contribution in [-0.4, -0.2) is 38.6 Å². The molecule has 0 aromatic carbocycles. The number of methoxy groups -OCH3 is 2. The summed E-state index contributed by atoms with van der Waals surface area (Å²) in [6.07, 6.45) is 2.87. The highest BCUT2D eigenvalue weighted by molar-refractivity contribution is 14.1. The van der Waals surface area contributed by atoms with Crippen molar-refractivity contribution < 1.29 is 9.47 Å². The molecule has 5 heteroatoms. The molecule has 0 amide bonds. The van der Waals surface area contributed by atoms with E-state index in [0.717, 1.165) is 28.9 Å². The molecule has 0 bridgehead atoms. The van der Waals surface area contributed by atoms with Gasteiger partial charge in [0.05, 0.1) is 0 Å². The fraction of sp³-hybridized carbons (Fsp3) is 0.583. The summed E-state index contributed by atoms with van der Waals surface area (Å²) < 4.78 is 11.8. The summed E-state index contributed by atoms with van der Waals surface area (Å²) in [5.41, 5.74) is 0. The molecule has 0 spiro atoms. The summed E-state index contributed by atoms with van der Waals surface area (Å²) in [5, 5.41) is 0.